The van der Waals surface area contributed by atoms with Gasteiger partial charge in [0.05, 0.1) is 220 Å². The van der Waals surface area contributed by atoms with Crippen LogP contribution in [0.5, 0.6) is 0 Å². The number of hydrogen-bond acceptors (Lipinski definition) is 44. The summed E-state index contributed by atoms with van der Waals surface area (Å²) in [5.74, 6) is -5.53. The smallest absolute Gasteiger partial charge is 0.158 e. The van der Waals surface area contributed by atoms with Gasteiger partial charge in [-0.1, -0.05) is 0 Å². The van der Waals surface area contributed by atoms with Crippen molar-refractivity contribution in [1.82, 2.24) is 0 Å². The monoisotopic (exact) mass is 2170 g/mol. The Morgan fingerprint density at radius 2 is 0.294 bits per heavy atom. The van der Waals surface area contributed by atoms with Gasteiger partial charge in [-0.25, -0.2) is 0 Å². The third kappa shape index (κ3) is 28.9. The van der Waals surface area contributed by atoms with E-state index in [4.69, 9.17) is 37.9 Å². The fourth-order valence-corrected chi connectivity index (χ4v) is 25.0. The molecule has 4 aliphatic heterocycles. The Morgan fingerprint density at radius 3 is 0.434 bits per heavy atom. The maximum absolute atomic E-state index is 10.8. The molecule has 12 aliphatic carbocycles. The van der Waals surface area contributed by atoms with Crippen molar-refractivity contribution < 1.29 is 300 Å². The van der Waals surface area contributed by atoms with E-state index < -0.39 is 341 Å². The molecule has 16 fully saturated rings. The summed E-state index contributed by atoms with van der Waals surface area (Å²) in [5, 5.41) is 366. The van der Waals surface area contributed by atoms with Gasteiger partial charge in [-0.3, -0.25) is 0 Å². The average molecular weight is 2180 g/mol. The van der Waals surface area contributed by atoms with E-state index in [1.165, 1.54) is 0 Å². The molecule has 4 saturated heterocycles. The molecule has 0 aromatic rings. The molecule has 0 aromatic heterocycles. The van der Waals surface area contributed by atoms with Crippen LogP contribution in [0.2, 0.25) is 0 Å². The normalized spacial score (nSPS) is 52.9. The average Bonchev–Trinajstić information content (AvgIpc) is 0.779. The van der Waals surface area contributed by atoms with Crippen molar-refractivity contribution in [3.8, 4) is 0 Å². The van der Waals surface area contributed by atoms with Gasteiger partial charge < -0.3 is 222 Å². The van der Waals surface area contributed by atoms with Crippen LogP contribution in [-0.4, -0.2) is 478 Å². The number of ether oxygens (including phenoxy) is 8. The summed E-state index contributed by atoms with van der Waals surface area (Å²) < 4.78 is 49.0. The summed E-state index contributed by atoms with van der Waals surface area (Å²) in [6.45, 7) is 0. The molecule has 44 nitrogen and oxygen atoms in total. The largest absolute Gasteiger partial charge is 0.393 e. The first-order chi connectivity index (χ1) is 62.2. The zero-order valence-corrected chi connectivity index (χ0v) is 88.5. The fraction of sp³-hybridized carbons (Fsp3) is 1.00. The molecule has 36 N–H and O–H groups in total. The maximum atomic E-state index is 10.8. The Labute approximate surface area is 838 Å². The van der Waals surface area contributed by atoms with Crippen molar-refractivity contribution in [2.24, 2.45) is 71.0 Å². The van der Waals surface area contributed by atoms with Gasteiger partial charge in [-0.15, -0.1) is 0 Å². The second-order valence-corrected chi connectivity index (χ2v) is 42.0. The first-order valence-electron chi connectivity index (χ1n) is 47.9. The molecular formula is C88H152O44Zn4. The number of aliphatic hydroxyl groups is 36. The van der Waals surface area contributed by atoms with Crippen LogP contribution in [0.4, 0.5) is 0 Å². The summed E-state index contributed by atoms with van der Waals surface area (Å²) in [5.41, 5.74) is 0. The topological polar surface area (TPSA) is 802 Å². The Kier molecular flexibility index (Phi) is 46.4. The Morgan fingerprint density at radius 1 is 0.162 bits per heavy atom. The van der Waals surface area contributed by atoms with Crippen LogP contribution in [0.1, 0.15) is 180 Å². The molecule has 56 atom stereocenters. The van der Waals surface area contributed by atoms with E-state index in [9.17, 15) is 184 Å². The zero-order chi connectivity index (χ0) is 96.1. The third-order valence-electron chi connectivity index (χ3n) is 32.5. The summed E-state index contributed by atoms with van der Waals surface area (Å²) in [7, 11) is 0. The second kappa shape index (κ2) is 52.5. The number of aliphatic hydroxyl groups excluding tert-OH is 36. The zero-order valence-electron chi connectivity index (χ0n) is 76.6. The number of fused-ring (bicyclic) bond motifs is 4. The minimum atomic E-state index is -1.38. The molecule has 48 heteroatoms. The SMILES string of the molecule is OC1[C@H](O)CC([C@H](O)OC2C[C@H]3C(O)C[C@@H](O)C[C@H]3OC2C2C[C@@H](O)C(O)[C@@H](O)C2)C[C@H]1O.OC1[C@H](O)CC([C@H](O)O[C@H]2C[C@@H]3[C@@H](O)C[C@@H](O)C[C@H]3O[C@@H]2C2C[C@@H](O)C(O)[C@@H](O)C2)C[C@@H]1O.OC1[C@H](O)CC([C@H]2O[C@@H]3C[C@@H](O)C[C@H](O)[C@H]3C[C@@H]2O[C@H](O)C2C[C@H](O)C(O)[C@@H](O)C2)C[C@@H]1O.OC1[C@H](O)CC([C@H]2O[C@@H]3C[C@H](O)C[C@H](O)[C@@H]3CC2O[C@@H](O)C2C[C@@H](O)C(O)[C@@H](O)C2)C[C@@H]1O.[Zn].[Zn].[Zn].[Zn]. The predicted octanol–water partition coefficient (Wildman–Crippen LogP) is -12.2. The molecule has 16 unspecified atom stereocenters. The van der Waals surface area contributed by atoms with Crippen molar-refractivity contribution in [2.75, 3.05) is 0 Å². The van der Waals surface area contributed by atoms with Gasteiger partial charge in [0.25, 0.3) is 0 Å². The van der Waals surface area contributed by atoms with E-state index in [0.29, 0.717) is 51.4 Å². The maximum Gasteiger partial charge on any atom is 0.158 e. The Balaban J connectivity index is 0.000000201. The van der Waals surface area contributed by atoms with E-state index in [1.807, 2.05) is 0 Å². The van der Waals surface area contributed by atoms with Gasteiger partial charge in [0.2, 0.25) is 0 Å². The number of hydrogen-bond donors (Lipinski definition) is 36. The van der Waals surface area contributed by atoms with Gasteiger partial charge in [0.1, 0.15) is 48.8 Å². The molecule has 16 rings (SSSR count). The molecule has 0 amide bonds. The van der Waals surface area contributed by atoms with Gasteiger partial charge in [0, 0.05) is 125 Å². The van der Waals surface area contributed by atoms with Crippen molar-refractivity contribution in [1.29, 1.82) is 0 Å². The Bertz CT molecular complexity index is 2970. The summed E-state index contributed by atoms with van der Waals surface area (Å²) >= 11 is 0. The second-order valence-electron chi connectivity index (χ2n) is 42.0. The number of rotatable bonds is 16. The standard InChI is InChI=1S/4C22H38O11.4Zn/c4*23-10-5-12(24)11-7-18(33-22(31)9-3-15(27)20(30)16(28)4-9)21(32-17(11)6-10)8-1-13(25)19(29)14(26)2-8;;;;/h4*8-31H,1-7H2;;;;/t8?,9?,10-,11+,12?,13-,14+,15-,16-,17-,18?,19?,20?,21?,22-;8?,9?,10-,11+,12+,13-,14+,15-,16+,17-,18?,19?,20?,21-,22-;8?,9?,10-,11+,12-,13-,14+,15-,16-,17+,18-,19?,20?,21+,22-;8?,9?,10-,11-,12+,13-,14+,15-,16+,17-,18+,19?,20?,21-,22-;;;;/m1101..../s1. The first kappa shape index (κ1) is 120. The van der Waals surface area contributed by atoms with Gasteiger partial charge in [0.15, 0.2) is 25.2 Å². The quantitative estimate of drug-likeness (QED) is 0.0504. The predicted molar refractivity (Wildman–Crippen MR) is 442 cm³/mol. The van der Waals surface area contributed by atoms with E-state index in [-0.39, 0.29) is 230 Å². The summed E-state index contributed by atoms with van der Waals surface area (Å²) in [6.07, 6.45) is -43.4. The van der Waals surface area contributed by atoms with Gasteiger partial charge in [-0.05, 0) is 203 Å². The van der Waals surface area contributed by atoms with E-state index >= 15 is 0 Å². The molecule has 4 heterocycles. The third-order valence-corrected chi connectivity index (χ3v) is 32.5. The molecule has 0 spiro atoms. The van der Waals surface area contributed by atoms with Gasteiger partial charge >= 0.3 is 0 Å². The van der Waals surface area contributed by atoms with Crippen molar-refractivity contribution in [2.45, 2.75) is 474 Å². The van der Waals surface area contributed by atoms with Crippen LogP contribution < -0.4 is 0 Å². The molecule has 0 aromatic carbocycles. The van der Waals surface area contributed by atoms with Crippen LogP contribution in [0.15, 0.2) is 0 Å². The van der Waals surface area contributed by atoms with Gasteiger partial charge in [-0.2, -0.15) is 0 Å². The minimum absolute atomic E-state index is 0. The summed E-state index contributed by atoms with van der Waals surface area (Å²) in [6, 6.07) is 0. The minimum Gasteiger partial charge on any atom is -0.393 e. The van der Waals surface area contributed by atoms with E-state index in [0.717, 1.165) is 0 Å². The fourth-order valence-electron chi connectivity index (χ4n) is 25.0. The van der Waals surface area contributed by atoms with Crippen LogP contribution in [-0.2, 0) is 116 Å². The first-order valence-corrected chi connectivity index (χ1v) is 47.9. The van der Waals surface area contributed by atoms with Crippen molar-refractivity contribution >= 4 is 0 Å². The van der Waals surface area contributed by atoms with E-state index in [2.05, 4.69) is 0 Å². The van der Waals surface area contributed by atoms with E-state index in [1.54, 1.807) is 0 Å². The molecule has 0 bridgehead atoms. The van der Waals surface area contributed by atoms with Crippen LogP contribution >= 0.6 is 0 Å². The van der Waals surface area contributed by atoms with Crippen LogP contribution in [0, 0.1) is 71.0 Å². The van der Waals surface area contributed by atoms with Crippen LogP contribution in [0.3, 0.4) is 0 Å². The molecule has 136 heavy (non-hydrogen) atoms. The molecule has 12 saturated carbocycles. The van der Waals surface area contributed by atoms with Crippen molar-refractivity contribution in [3.63, 3.8) is 0 Å². The molecular weight excluding hydrogens is 2020 g/mol. The van der Waals surface area contributed by atoms with Crippen molar-refractivity contribution in [3.05, 3.63) is 0 Å². The summed E-state index contributed by atoms with van der Waals surface area (Å²) in [4.78, 5) is 0. The molecule has 776 valence electrons. The van der Waals surface area contributed by atoms with Crippen LogP contribution in [0.25, 0.3) is 0 Å². The molecule has 0 radical (unpaired) electrons. The Hall–Kier alpha value is 0.734. The molecule has 16 aliphatic rings.